The summed E-state index contributed by atoms with van der Waals surface area (Å²) in [5.74, 6) is 1.48. The van der Waals surface area contributed by atoms with Crippen molar-refractivity contribution in [3.05, 3.63) is 35.9 Å². The number of amides is 1. The summed E-state index contributed by atoms with van der Waals surface area (Å²) >= 11 is 0. The predicted octanol–water partition coefficient (Wildman–Crippen LogP) is 3.60. The van der Waals surface area contributed by atoms with Gasteiger partial charge in [-0.15, -0.1) is 24.0 Å². The molecule has 1 saturated carbocycles. The molecule has 1 atom stereocenters. The van der Waals surface area contributed by atoms with Gasteiger partial charge in [-0.05, 0) is 44.1 Å². The molecule has 0 aromatic heterocycles. The van der Waals surface area contributed by atoms with Crippen molar-refractivity contribution in [2.24, 2.45) is 10.9 Å². The lowest BCUT2D eigenvalue weighted by atomic mass is 10.1. The molecule has 3 rings (SSSR count). The number of benzene rings is 1. The van der Waals surface area contributed by atoms with Crippen LogP contribution < -0.4 is 10.6 Å². The van der Waals surface area contributed by atoms with E-state index in [2.05, 4.69) is 39.9 Å². The Morgan fingerprint density at radius 3 is 2.65 bits per heavy atom. The molecule has 2 fully saturated rings. The van der Waals surface area contributed by atoms with E-state index in [0.717, 1.165) is 77.3 Å². The summed E-state index contributed by atoms with van der Waals surface area (Å²) in [4.78, 5) is 19.0. The van der Waals surface area contributed by atoms with Crippen LogP contribution >= 0.6 is 24.0 Å². The smallest absolute Gasteiger partial charge is 0.225 e. The molecule has 1 aliphatic carbocycles. The van der Waals surface area contributed by atoms with Crippen molar-refractivity contribution in [1.82, 2.24) is 15.5 Å². The average Bonchev–Trinajstić information content (AvgIpc) is 3.47. The molecule has 31 heavy (non-hydrogen) atoms. The standard InChI is InChI=1S/C24H38N4O2.HI/c1-25-24(26-15-7-8-17-30-18-14-20-9-3-2-4-10-20)27-22-13-16-28(19-22)23(29)21-11-5-6-12-21;/h2-4,9-10,21-22H,5-8,11-19H2,1H3,(H2,25,26,27);1H. The van der Waals surface area contributed by atoms with Crippen LogP contribution in [0, 0.1) is 5.92 Å². The summed E-state index contributed by atoms with van der Waals surface area (Å²) in [6.07, 6.45) is 8.61. The quantitative estimate of drug-likeness (QED) is 0.205. The van der Waals surface area contributed by atoms with Crippen LogP contribution in [0.5, 0.6) is 0 Å². The first-order valence-corrected chi connectivity index (χ1v) is 11.6. The first kappa shape index (κ1) is 25.9. The van der Waals surface area contributed by atoms with Gasteiger partial charge in [0.05, 0.1) is 6.61 Å². The van der Waals surface area contributed by atoms with Gasteiger partial charge < -0.3 is 20.3 Å². The number of carbonyl (C=O) groups excluding carboxylic acids is 1. The minimum Gasteiger partial charge on any atom is -0.381 e. The van der Waals surface area contributed by atoms with E-state index in [-0.39, 0.29) is 29.9 Å². The van der Waals surface area contributed by atoms with Crippen molar-refractivity contribution in [2.45, 2.75) is 57.4 Å². The fourth-order valence-corrected chi connectivity index (χ4v) is 4.37. The van der Waals surface area contributed by atoms with Gasteiger partial charge in [0.25, 0.3) is 0 Å². The lowest BCUT2D eigenvalue weighted by Crippen LogP contribution is -2.45. The summed E-state index contributed by atoms with van der Waals surface area (Å²) in [6.45, 7) is 4.11. The van der Waals surface area contributed by atoms with E-state index in [1.807, 2.05) is 11.0 Å². The molecule has 0 radical (unpaired) electrons. The minimum atomic E-state index is 0. The van der Waals surface area contributed by atoms with Crippen LogP contribution in [-0.4, -0.2) is 62.7 Å². The SMILES string of the molecule is CN=C(NCCCCOCCc1ccccc1)NC1CCN(C(=O)C2CCCC2)C1.I. The van der Waals surface area contributed by atoms with Crippen LogP contribution in [0.25, 0.3) is 0 Å². The second kappa shape index (κ2) is 14.7. The Kier molecular flexibility index (Phi) is 12.3. The highest BCUT2D eigenvalue weighted by atomic mass is 127. The molecule has 6 nitrogen and oxygen atoms in total. The number of aliphatic imine (C=N–C) groups is 1. The van der Waals surface area contributed by atoms with Gasteiger partial charge in [-0.25, -0.2) is 0 Å². The number of likely N-dealkylation sites (tertiary alicyclic amines) is 1. The second-order valence-corrected chi connectivity index (χ2v) is 8.45. The molecular weight excluding hydrogens is 503 g/mol. The van der Waals surface area contributed by atoms with Crippen LogP contribution in [0.2, 0.25) is 0 Å². The fraction of sp³-hybridized carbons (Fsp3) is 0.667. The predicted molar refractivity (Wildman–Crippen MR) is 137 cm³/mol. The van der Waals surface area contributed by atoms with Crippen molar-refractivity contribution in [2.75, 3.05) is 39.9 Å². The Morgan fingerprint density at radius 2 is 1.90 bits per heavy atom. The number of halogens is 1. The molecule has 2 N–H and O–H groups in total. The zero-order valence-electron chi connectivity index (χ0n) is 18.9. The Labute approximate surface area is 204 Å². The number of nitrogens with one attached hydrogen (secondary N) is 2. The van der Waals surface area contributed by atoms with E-state index in [1.165, 1.54) is 18.4 Å². The van der Waals surface area contributed by atoms with Gasteiger partial charge in [0.1, 0.15) is 0 Å². The maximum atomic E-state index is 12.6. The Balaban J connectivity index is 0.00000341. The highest BCUT2D eigenvalue weighted by Crippen LogP contribution is 2.27. The molecule has 1 amide bonds. The maximum absolute atomic E-state index is 12.6. The number of nitrogens with zero attached hydrogens (tertiary/aromatic N) is 2. The molecule has 1 saturated heterocycles. The monoisotopic (exact) mass is 542 g/mol. The summed E-state index contributed by atoms with van der Waals surface area (Å²) in [5, 5.41) is 6.88. The van der Waals surface area contributed by atoms with Gasteiger partial charge in [-0.3, -0.25) is 9.79 Å². The molecular formula is C24H39IN4O2. The first-order valence-electron chi connectivity index (χ1n) is 11.6. The van der Waals surface area contributed by atoms with Gasteiger partial charge in [0, 0.05) is 45.2 Å². The molecule has 1 heterocycles. The third-order valence-electron chi connectivity index (χ3n) is 6.15. The first-order chi connectivity index (χ1) is 14.8. The van der Waals surface area contributed by atoms with Crippen molar-refractivity contribution in [1.29, 1.82) is 0 Å². The Bertz CT molecular complexity index is 665. The van der Waals surface area contributed by atoms with E-state index in [9.17, 15) is 4.79 Å². The number of ether oxygens (including phenoxy) is 1. The van der Waals surface area contributed by atoms with Crippen molar-refractivity contribution >= 4 is 35.8 Å². The summed E-state index contributed by atoms with van der Waals surface area (Å²) in [7, 11) is 1.80. The van der Waals surface area contributed by atoms with Gasteiger partial charge in [0.2, 0.25) is 5.91 Å². The number of unbranched alkanes of at least 4 members (excludes halogenated alkanes) is 1. The van der Waals surface area contributed by atoms with Crippen molar-refractivity contribution in [3.63, 3.8) is 0 Å². The topological polar surface area (TPSA) is 66.0 Å². The third-order valence-corrected chi connectivity index (χ3v) is 6.15. The van der Waals surface area contributed by atoms with Gasteiger partial charge in [-0.1, -0.05) is 43.2 Å². The fourth-order valence-electron chi connectivity index (χ4n) is 4.37. The summed E-state index contributed by atoms with van der Waals surface area (Å²) in [5.41, 5.74) is 1.32. The number of carbonyl (C=O) groups is 1. The van der Waals surface area contributed by atoms with Crippen molar-refractivity contribution in [3.8, 4) is 0 Å². The molecule has 0 bridgehead atoms. The van der Waals surface area contributed by atoms with Crippen LogP contribution in [0.1, 0.15) is 50.5 Å². The van der Waals surface area contributed by atoms with Gasteiger partial charge >= 0.3 is 0 Å². The van der Waals surface area contributed by atoms with E-state index in [1.54, 1.807) is 7.05 Å². The lowest BCUT2D eigenvalue weighted by Gasteiger charge is -2.21. The normalized spacial score (nSPS) is 19.3. The van der Waals surface area contributed by atoms with E-state index in [0.29, 0.717) is 11.9 Å². The zero-order valence-corrected chi connectivity index (χ0v) is 21.2. The third kappa shape index (κ3) is 8.96. The molecule has 0 spiro atoms. The van der Waals surface area contributed by atoms with Crippen LogP contribution in [0.15, 0.2) is 35.3 Å². The van der Waals surface area contributed by atoms with Crippen LogP contribution in [0.4, 0.5) is 0 Å². The van der Waals surface area contributed by atoms with Gasteiger partial charge in [-0.2, -0.15) is 0 Å². The number of hydrogen-bond acceptors (Lipinski definition) is 3. The molecule has 1 unspecified atom stereocenters. The zero-order chi connectivity index (χ0) is 21.0. The van der Waals surface area contributed by atoms with Crippen molar-refractivity contribution < 1.29 is 9.53 Å². The summed E-state index contributed by atoms with van der Waals surface area (Å²) in [6, 6.07) is 10.7. The lowest BCUT2D eigenvalue weighted by molar-refractivity contribution is -0.134. The number of guanidine groups is 1. The molecule has 1 aliphatic heterocycles. The average molecular weight is 543 g/mol. The molecule has 2 aliphatic rings. The molecule has 1 aromatic carbocycles. The van der Waals surface area contributed by atoms with E-state index in [4.69, 9.17) is 4.74 Å². The highest BCUT2D eigenvalue weighted by Gasteiger charge is 2.32. The van der Waals surface area contributed by atoms with Crippen LogP contribution in [-0.2, 0) is 16.0 Å². The maximum Gasteiger partial charge on any atom is 0.225 e. The van der Waals surface area contributed by atoms with E-state index < -0.39 is 0 Å². The molecule has 7 heteroatoms. The highest BCUT2D eigenvalue weighted by molar-refractivity contribution is 14.0. The largest absolute Gasteiger partial charge is 0.381 e. The molecule has 1 aromatic rings. The number of hydrogen-bond donors (Lipinski definition) is 2. The summed E-state index contributed by atoms with van der Waals surface area (Å²) < 4.78 is 5.74. The van der Waals surface area contributed by atoms with Gasteiger partial charge in [0.15, 0.2) is 5.96 Å². The number of rotatable bonds is 10. The Morgan fingerprint density at radius 1 is 1.13 bits per heavy atom. The second-order valence-electron chi connectivity index (χ2n) is 8.45. The Hall–Kier alpha value is -1.35. The van der Waals surface area contributed by atoms with E-state index >= 15 is 0 Å². The molecule has 174 valence electrons. The van der Waals surface area contributed by atoms with Crippen LogP contribution in [0.3, 0.4) is 0 Å². The minimum absolute atomic E-state index is 0.